The van der Waals surface area contributed by atoms with Crippen molar-refractivity contribution in [1.82, 2.24) is 4.57 Å². The van der Waals surface area contributed by atoms with Crippen molar-refractivity contribution in [3.05, 3.63) is 282 Å². The number of hydrogen-bond donors (Lipinski definition) is 0. The molecule has 0 aliphatic heterocycles. The number of rotatable bonds is 7. The molecule has 1 heteroatoms. The minimum Gasteiger partial charge on any atom is -0.309 e. The van der Waals surface area contributed by atoms with E-state index in [0.29, 0.717) is 0 Å². The third-order valence-corrected chi connectivity index (χ3v) is 13.2. The van der Waals surface area contributed by atoms with Gasteiger partial charge in [0, 0.05) is 27.8 Å². The van der Waals surface area contributed by atoms with Crippen molar-refractivity contribution in [2.75, 3.05) is 0 Å². The van der Waals surface area contributed by atoms with E-state index in [1.165, 1.54) is 93.8 Å². The van der Waals surface area contributed by atoms with Crippen LogP contribution >= 0.6 is 0 Å². The lowest BCUT2D eigenvalue weighted by atomic mass is 9.65. The van der Waals surface area contributed by atoms with Crippen LogP contribution in [0.1, 0.15) is 44.9 Å². The van der Waals surface area contributed by atoms with Gasteiger partial charge in [0.25, 0.3) is 0 Å². The lowest BCUT2D eigenvalue weighted by Crippen LogP contribution is -2.29. The van der Waals surface area contributed by atoms with E-state index in [0.717, 1.165) is 5.69 Å². The number of benzene rings is 10. The van der Waals surface area contributed by atoms with Gasteiger partial charge < -0.3 is 4.57 Å². The van der Waals surface area contributed by atoms with Crippen molar-refractivity contribution in [3.8, 4) is 27.9 Å². The fourth-order valence-electron chi connectivity index (χ4n) is 10.6. The third kappa shape index (κ3) is 5.41. The molecular weight excluding hydrogens is 735 g/mol. The number of fused-ring (bicyclic) bond motifs is 8. The van der Waals surface area contributed by atoms with Gasteiger partial charge in [0.15, 0.2) is 0 Å². The van der Waals surface area contributed by atoms with Crippen molar-refractivity contribution >= 4 is 32.6 Å². The summed E-state index contributed by atoms with van der Waals surface area (Å²) in [6.45, 7) is 0. The summed E-state index contributed by atoms with van der Waals surface area (Å²) in [7, 11) is 0. The van der Waals surface area contributed by atoms with Gasteiger partial charge in [-0.05, 0) is 84.8 Å². The van der Waals surface area contributed by atoms with Crippen LogP contribution in [0.4, 0.5) is 0 Å². The maximum Gasteiger partial charge on any atom is 0.0719 e. The van der Waals surface area contributed by atoms with Crippen LogP contribution in [-0.2, 0) is 5.41 Å². The molecule has 0 radical (unpaired) electrons. The van der Waals surface area contributed by atoms with Gasteiger partial charge in [-0.3, -0.25) is 0 Å². The second-order valence-corrected chi connectivity index (χ2v) is 16.4. The topological polar surface area (TPSA) is 4.93 Å². The Bertz CT molecular complexity index is 3400. The summed E-state index contributed by atoms with van der Waals surface area (Å²) in [5, 5.41) is 5.02. The highest BCUT2D eigenvalue weighted by Crippen LogP contribution is 2.58. The Morgan fingerprint density at radius 3 is 1.67 bits per heavy atom. The molecule has 12 rings (SSSR count). The van der Waals surface area contributed by atoms with Crippen LogP contribution in [-0.4, -0.2) is 4.57 Å². The molecule has 2 unspecified atom stereocenters. The van der Waals surface area contributed by atoms with E-state index in [1.54, 1.807) is 0 Å². The van der Waals surface area contributed by atoms with Gasteiger partial charge in [-0.25, -0.2) is 0 Å². The number of para-hydroxylation sites is 1. The van der Waals surface area contributed by atoms with E-state index >= 15 is 0 Å². The van der Waals surface area contributed by atoms with E-state index in [2.05, 4.69) is 247 Å². The lowest BCUT2D eigenvalue weighted by molar-refractivity contribution is 0.767. The van der Waals surface area contributed by atoms with Gasteiger partial charge in [-0.2, -0.15) is 0 Å². The molecule has 1 aliphatic rings. The highest BCUT2D eigenvalue weighted by molar-refractivity contribution is 6.18. The number of nitrogens with zero attached hydrogens (tertiary/aromatic N) is 1. The maximum atomic E-state index is 2.55. The van der Waals surface area contributed by atoms with Gasteiger partial charge in [0.1, 0.15) is 0 Å². The number of aromatic nitrogens is 1. The molecule has 1 aliphatic carbocycles. The molecule has 2 atom stereocenters. The zero-order valence-corrected chi connectivity index (χ0v) is 33.6. The molecule has 1 nitrogen and oxygen atoms in total. The quantitative estimate of drug-likeness (QED) is 0.142. The molecule has 1 heterocycles. The Kier molecular flexibility index (Phi) is 8.21. The lowest BCUT2D eigenvalue weighted by Gasteiger charge is -2.36. The maximum absolute atomic E-state index is 2.55. The summed E-state index contributed by atoms with van der Waals surface area (Å²) in [6, 6.07) is 90.1. The first-order chi connectivity index (χ1) is 30.3. The molecule has 10 aromatic carbocycles. The van der Waals surface area contributed by atoms with E-state index in [9.17, 15) is 0 Å². The predicted molar refractivity (Wildman–Crippen MR) is 255 cm³/mol. The van der Waals surface area contributed by atoms with Crippen molar-refractivity contribution in [3.63, 3.8) is 0 Å². The molecule has 11 aromatic rings. The van der Waals surface area contributed by atoms with Gasteiger partial charge in [0.2, 0.25) is 0 Å². The molecule has 0 bridgehead atoms. The average Bonchev–Trinajstić information content (AvgIpc) is 3.83. The normalized spacial score (nSPS) is 14.9. The van der Waals surface area contributed by atoms with E-state index in [1.807, 2.05) is 0 Å². The first-order valence-electron chi connectivity index (χ1n) is 21.3. The van der Waals surface area contributed by atoms with Crippen LogP contribution < -0.4 is 0 Å². The summed E-state index contributed by atoms with van der Waals surface area (Å²) in [6.07, 6.45) is 0. The summed E-state index contributed by atoms with van der Waals surface area (Å²) in [5.74, 6) is -0.0311. The zero-order chi connectivity index (χ0) is 40.3. The third-order valence-electron chi connectivity index (χ3n) is 13.2. The largest absolute Gasteiger partial charge is 0.309 e. The Morgan fingerprint density at radius 1 is 0.344 bits per heavy atom. The van der Waals surface area contributed by atoms with Gasteiger partial charge in [0.05, 0.1) is 16.4 Å². The second kappa shape index (κ2) is 14.2. The SMILES string of the molecule is c1ccc(-c2ccccc2C2(c3ccccc3)c3ccccc3-c3ccc(C(c4ccccc4)c4ccc5c6ccc7ccccc7c6n(-c6ccccc6)c5c4)cc32)cc1. The monoisotopic (exact) mass is 775 g/mol. The minimum absolute atomic E-state index is 0.0311. The highest BCUT2D eigenvalue weighted by Gasteiger charge is 2.47. The molecule has 0 spiro atoms. The Labute approximate surface area is 356 Å². The van der Waals surface area contributed by atoms with E-state index in [4.69, 9.17) is 0 Å². The van der Waals surface area contributed by atoms with Crippen LogP contribution in [0.5, 0.6) is 0 Å². The van der Waals surface area contributed by atoms with Crippen LogP contribution in [0, 0.1) is 0 Å². The van der Waals surface area contributed by atoms with E-state index < -0.39 is 5.41 Å². The summed E-state index contributed by atoms with van der Waals surface area (Å²) >= 11 is 0. The fraction of sp³-hybridized carbons (Fsp3) is 0.0333. The number of hydrogen-bond acceptors (Lipinski definition) is 0. The molecule has 0 saturated heterocycles. The van der Waals surface area contributed by atoms with Crippen molar-refractivity contribution in [2.24, 2.45) is 0 Å². The highest BCUT2D eigenvalue weighted by atomic mass is 15.0. The van der Waals surface area contributed by atoms with Gasteiger partial charge >= 0.3 is 0 Å². The van der Waals surface area contributed by atoms with Crippen LogP contribution in [0.25, 0.3) is 60.5 Å². The first-order valence-corrected chi connectivity index (χ1v) is 21.3. The van der Waals surface area contributed by atoms with Crippen molar-refractivity contribution in [2.45, 2.75) is 11.3 Å². The molecule has 0 N–H and O–H groups in total. The van der Waals surface area contributed by atoms with Gasteiger partial charge in [-0.15, -0.1) is 0 Å². The standard InChI is InChI=1S/C60H41N/c1-5-19-41(20-6-1)48-28-15-17-31-54(48)60(46-24-9-3-10-25-46)55-32-18-16-30-50(55)51-36-34-44(39-56(51)60)58(43-22-7-2-8-23-43)45-35-37-52-53-38-33-42-21-13-14-29-49(42)59(53)61(57(52)40-45)47-26-11-4-12-27-47/h1-40,58H. The average molecular weight is 776 g/mol. The zero-order valence-electron chi connectivity index (χ0n) is 33.6. The van der Waals surface area contributed by atoms with Crippen LogP contribution in [0.15, 0.2) is 243 Å². The Balaban J connectivity index is 1.15. The fourth-order valence-corrected chi connectivity index (χ4v) is 10.6. The molecule has 61 heavy (non-hydrogen) atoms. The van der Waals surface area contributed by atoms with Crippen molar-refractivity contribution in [1.29, 1.82) is 0 Å². The molecule has 0 fully saturated rings. The van der Waals surface area contributed by atoms with Crippen LogP contribution in [0.3, 0.4) is 0 Å². The predicted octanol–water partition coefficient (Wildman–Crippen LogP) is 15.1. The molecular formula is C60H41N. The smallest absolute Gasteiger partial charge is 0.0719 e. The Hall–Kier alpha value is -7.74. The molecule has 0 saturated carbocycles. The molecule has 1 aromatic heterocycles. The molecule has 0 amide bonds. The van der Waals surface area contributed by atoms with Crippen molar-refractivity contribution < 1.29 is 0 Å². The summed E-state index contributed by atoms with van der Waals surface area (Å²) in [5.41, 5.74) is 17.0. The summed E-state index contributed by atoms with van der Waals surface area (Å²) < 4.78 is 2.48. The van der Waals surface area contributed by atoms with E-state index in [-0.39, 0.29) is 5.92 Å². The summed E-state index contributed by atoms with van der Waals surface area (Å²) in [4.78, 5) is 0. The Morgan fingerprint density at radius 2 is 0.902 bits per heavy atom. The van der Waals surface area contributed by atoms with Crippen LogP contribution in [0.2, 0.25) is 0 Å². The second-order valence-electron chi connectivity index (χ2n) is 16.4. The first kappa shape index (κ1) is 35.2. The van der Waals surface area contributed by atoms with Gasteiger partial charge in [-0.1, -0.05) is 224 Å². The molecule has 286 valence electrons. The minimum atomic E-state index is -0.568.